The van der Waals surface area contributed by atoms with Crippen LogP contribution >= 0.6 is 11.6 Å². The molecule has 0 spiro atoms. The van der Waals surface area contributed by atoms with E-state index in [-0.39, 0.29) is 40.6 Å². The van der Waals surface area contributed by atoms with Gasteiger partial charge in [-0.3, -0.25) is 14.9 Å². The van der Waals surface area contributed by atoms with Gasteiger partial charge in [-0.05, 0) is 24.6 Å². The summed E-state index contributed by atoms with van der Waals surface area (Å²) < 4.78 is 38.1. The number of rotatable bonds is 5. The summed E-state index contributed by atoms with van der Waals surface area (Å²) in [6.45, 7) is -0.295. The summed E-state index contributed by atoms with van der Waals surface area (Å²) in [5.41, 5.74) is -0.567. The molecule has 0 N–H and O–H groups in total. The summed E-state index contributed by atoms with van der Waals surface area (Å²) in [4.78, 5) is 24.9. The third-order valence-corrected chi connectivity index (χ3v) is 6.74. The van der Waals surface area contributed by atoms with E-state index in [2.05, 4.69) is 0 Å². The van der Waals surface area contributed by atoms with Crippen molar-refractivity contribution in [1.82, 2.24) is 4.90 Å². The first-order chi connectivity index (χ1) is 13.2. The Morgan fingerprint density at radius 3 is 2.57 bits per heavy atom. The Kier molecular flexibility index (Phi) is 5.66. The molecule has 0 aromatic heterocycles. The van der Waals surface area contributed by atoms with E-state index in [0.717, 1.165) is 4.90 Å². The maximum atomic E-state index is 14.3. The van der Waals surface area contributed by atoms with E-state index < -0.39 is 38.2 Å². The molecule has 0 radical (unpaired) electrons. The maximum Gasteiger partial charge on any atom is 0.282 e. The highest BCUT2D eigenvalue weighted by atomic mass is 35.5. The lowest BCUT2D eigenvalue weighted by atomic mass is 10.1. The Balaban J connectivity index is 2.04. The lowest BCUT2D eigenvalue weighted by Gasteiger charge is -2.29. The molecule has 0 saturated carbocycles. The third kappa shape index (κ3) is 4.15. The van der Waals surface area contributed by atoms with Crippen molar-refractivity contribution in [3.63, 3.8) is 0 Å². The van der Waals surface area contributed by atoms with Crippen molar-refractivity contribution in [2.75, 3.05) is 11.5 Å². The van der Waals surface area contributed by atoms with Gasteiger partial charge in [-0.2, -0.15) is 0 Å². The standard InChI is InChI=1S/C18H16ClFN2O5S/c19-15-5-3-6-16(20)14(15)10-21(12-8-9-28(26,27)11-12)18(23)13-4-1-2-7-17(13)22(24)25/h1-7,12H,8-11H2. The van der Waals surface area contributed by atoms with E-state index in [0.29, 0.717) is 0 Å². The molecule has 1 amide bonds. The van der Waals surface area contributed by atoms with Gasteiger partial charge in [0.25, 0.3) is 11.6 Å². The minimum absolute atomic E-state index is 0.0281. The quantitative estimate of drug-likeness (QED) is 0.540. The molecule has 1 aliphatic rings. The van der Waals surface area contributed by atoms with E-state index >= 15 is 0 Å². The second kappa shape index (κ2) is 7.84. The minimum atomic E-state index is -3.35. The van der Waals surface area contributed by atoms with E-state index in [9.17, 15) is 27.7 Å². The molecule has 2 aromatic rings. The number of halogens is 2. The van der Waals surface area contributed by atoms with Crippen LogP contribution in [0.4, 0.5) is 10.1 Å². The average Bonchev–Trinajstić information content (AvgIpc) is 3.00. The van der Waals surface area contributed by atoms with Crippen molar-refractivity contribution >= 4 is 33.0 Å². The molecule has 1 fully saturated rings. The summed E-state index contributed by atoms with van der Waals surface area (Å²) in [7, 11) is -3.35. The van der Waals surface area contributed by atoms with Gasteiger partial charge in [0, 0.05) is 22.7 Å². The summed E-state index contributed by atoms with van der Waals surface area (Å²) in [6, 6.07) is 8.70. The number of nitro groups is 1. The smallest absolute Gasteiger partial charge is 0.282 e. The Morgan fingerprint density at radius 1 is 1.25 bits per heavy atom. The summed E-state index contributed by atoms with van der Waals surface area (Å²) in [5.74, 6) is -1.78. The molecular formula is C18H16ClFN2O5S. The predicted molar refractivity (Wildman–Crippen MR) is 101 cm³/mol. The van der Waals surface area contributed by atoms with Crippen LogP contribution in [-0.2, 0) is 16.4 Å². The fourth-order valence-electron chi connectivity index (χ4n) is 3.21. The van der Waals surface area contributed by atoms with E-state index in [4.69, 9.17) is 11.6 Å². The number of carbonyl (C=O) groups is 1. The van der Waals surface area contributed by atoms with Crippen LogP contribution in [0.25, 0.3) is 0 Å². The van der Waals surface area contributed by atoms with Crippen molar-refractivity contribution < 1.29 is 22.5 Å². The van der Waals surface area contributed by atoms with Crippen molar-refractivity contribution in [2.45, 2.75) is 19.0 Å². The van der Waals surface area contributed by atoms with Crippen molar-refractivity contribution in [2.24, 2.45) is 0 Å². The number of hydrogen-bond acceptors (Lipinski definition) is 5. The number of sulfone groups is 1. The Hall–Kier alpha value is -2.52. The molecule has 7 nitrogen and oxygen atoms in total. The third-order valence-electron chi connectivity index (χ3n) is 4.63. The number of nitro benzene ring substituents is 1. The topological polar surface area (TPSA) is 97.6 Å². The molecule has 28 heavy (non-hydrogen) atoms. The fraction of sp³-hybridized carbons (Fsp3) is 0.278. The van der Waals surface area contributed by atoms with E-state index in [1.54, 1.807) is 0 Å². The molecule has 1 unspecified atom stereocenters. The molecule has 10 heteroatoms. The van der Waals surface area contributed by atoms with Crippen molar-refractivity contribution in [3.8, 4) is 0 Å². The first-order valence-electron chi connectivity index (χ1n) is 8.37. The zero-order valence-electron chi connectivity index (χ0n) is 14.5. The van der Waals surface area contributed by atoms with Gasteiger partial charge in [-0.25, -0.2) is 12.8 Å². The van der Waals surface area contributed by atoms with Crippen LogP contribution in [0.15, 0.2) is 42.5 Å². The SMILES string of the molecule is O=C(c1ccccc1[N+](=O)[O-])N(Cc1c(F)cccc1Cl)C1CCS(=O)(=O)C1. The molecule has 148 valence electrons. The molecule has 3 rings (SSSR count). The number of carbonyl (C=O) groups excluding carboxylic acids is 1. The lowest BCUT2D eigenvalue weighted by molar-refractivity contribution is -0.385. The van der Waals surface area contributed by atoms with E-state index in [1.165, 1.54) is 42.5 Å². The maximum absolute atomic E-state index is 14.3. The molecule has 0 bridgehead atoms. The second-order valence-corrected chi connectivity index (χ2v) is 9.10. The number of para-hydroxylation sites is 1. The van der Waals surface area contributed by atoms with Gasteiger partial charge in [0.1, 0.15) is 11.4 Å². The van der Waals surface area contributed by atoms with Gasteiger partial charge in [0.05, 0.1) is 23.0 Å². The van der Waals surface area contributed by atoms with Gasteiger partial charge in [0.2, 0.25) is 0 Å². The summed E-state index contributed by atoms with van der Waals surface area (Å²) in [6.07, 6.45) is 0.167. The average molecular weight is 427 g/mol. The van der Waals surface area contributed by atoms with Gasteiger partial charge in [0.15, 0.2) is 9.84 Å². The summed E-state index contributed by atoms with van der Waals surface area (Å²) in [5, 5.41) is 11.4. The van der Waals surface area contributed by atoms with Crippen LogP contribution in [0, 0.1) is 15.9 Å². The second-order valence-electron chi connectivity index (χ2n) is 6.46. The highest BCUT2D eigenvalue weighted by Gasteiger charge is 2.37. The highest BCUT2D eigenvalue weighted by molar-refractivity contribution is 7.91. The number of amides is 1. The van der Waals surface area contributed by atoms with Gasteiger partial charge < -0.3 is 4.90 Å². The molecular weight excluding hydrogens is 411 g/mol. The molecule has 1 saturated heterocycles. The Bertz CT molecular complexity index is 1020. The lowest BCUT2D eigenvalue weighted by Crippen LogP contribution is -2.41. The Morgan fingerprint density at radius 2 is 1.96 bits per heavy atom. The first kappa shape index (κ1) is 20.2. The minimum Gasteiger partial charge on any atom is -0.330 e. The summed E-state index contributed by atoms with van der Waals surface area (Å²) >= 11 is 6.06. The Labute approximate surface area is 165 Å². The van der Waals surface area contributed by atoms with Crippen LogP contribution in [0.1, 0.15) is 22.3 Å². The molecule has 1 atom stereocenters. The monoisotopic (exact) mass is 426 g/mol. The van der Waals surface area contributed by atoms with Gasteiger partial charge in [-0.15, -0.1) is 0 Å². The fourth-order valence-corrected chi connectivity index (χ4v) is 5.16. The van der Waals surface area contributed by atoms with Crippen LogP contribution in [-0.4, -0.2) is 41.7 Å². The number of benzene rings is 2. The van der Waals surface area contributed by atoms with Crippen LogP contribution in [0.5, 0.6) is 0 Å². The van der Waals surface area contributed by atoms with Crippen LogP contribution in [0.2, 0.25) is 5.02 Å². The molecule has 1 aliphatic heterocycles. The van der Waals surface area contributed by atoms with Gasteiger partial charge >= 0.3 is 0 Å². The number of hydrogen-bond donors (Lipinski definition) is 0. The molecule has 2 aromatic carbocycles. The van der Waals surface area contributed by atoms with Crippen molar-refractivity contribution in [3.05, 3.63) is 74.5 Å². The highest BCUT2D eigenvalue weighted by Crippen LogP contribution is 2.28. The van der Waals surface area contributed by atoms with E-state index in [1.807, 2.05) is 0 Å². The molecule has 0 aliphatic carbocycles. The van der Waals surface area contributed by atoms with Crippen LogP contribution < -0.4 is 0 Å². The number of nitrogens with zero attached hydrogens (tertiary/aromatic N) is 2. The van der Waals surface area contributed by atoms with Gasteiger partial charge in [-0.1, -0.05) is 29.8 Å². The zero-order valence-corrected chi connectivity index (χ0v) is 16.1. The normalized spacial score (nSPS) is 18.0. The molecule has 1 heterocycles. The predicted octanol–water partition coefficient (Wildman–Crippen LogP) is 3.22. The largest absolute Gasteiger partial charge is 0.330 e. The first-order valence-corrected chi connectivity index (χ1v) is 10.6. The zero-order chi connectivity index (χ0) is 20.5. The van der Waals surface area contributed by atoms with Crippen LogP contribution in [0.3, 0.4) is 0 Å². The van der Waals surface area contributed by atoms with Crippen molar-refractivity contribution in [1.29, 1.82) is 0 Å².